The molecule has 1 rings (SSSR count). The van der Waals surface area contributed by atoms with Crippen LogP contribution < -0.4 is 5.32 Å². The predicted molar refractivity (Wildman–Crippen MR) is 62.6 cm³/mol. The van der Waals surface area contributed by atoms with Gasteiger partial charge in [-0.25, -0.2) is 0 Å². The second kappa shape index (κ2) is 6.41. The Hall–Kier alpha value is -0.0800. The van der Waals surface area contributed by atoms with Crippen molar-refractivity contribution in [2.45, 2.75) is 46.1 Å². The van der Waals surface area contributed by atoms with E-state index in [2.05, 4.69) is 31.0 Å². The lowest BCUT2D eigenvalue weighted by Crippen LogP contribution is -2.43. The number of hydrogen-bond donors (Lipinski definition) is 1. The van der Waals surface area contributed by atoms with Crippen LogP contribution >= 0.6 is 0 Å². The summed E-state index contributed by atoms with van der Waals surface area (Å²) >= 11 is 0. The highest BCUT2D eigenvalue weighted by Crippen LogP contribution is 2.15. The molecule has 1 aliphatic heterocycles. The molecule has 0 bridgehead atoms. The molecule has 0 aromatic rings. The zero-order valence-corrected chi connectivity index (χ0v) is 10.1. The van der Waals surface area contributed by atoms with Crippen LogP contribution in [0.5, 0.6) is 0 Å². The molecule has 0 aromatic carbocycles. The molecule has 1 fully saturated rings. The highest BCUT2D eigenvalue weighted by atomic mass is 15.2. The monoisotopic (exact) mass is 198 g/mol. The third-order valence-corrected chi connectivity index (χ3v) is 3.25. The van der Waals surface area contributed by atoms with Gasteiger partial charge in [-0.3, -0.25) is 0 Å². The van der Waals surface area contributed by atoms with Crippen LogP contribution in [0, 0.1) is 5.92 Å². The van der Waals surface area contributed by atoms with E-state index in [1.165, 1.54) is 45.4 Å². The van der Waals surface area contributed by atoms with Crippen LogP contribution in [-0.2, 0) is 0 Å². The topological polar surface area (TPSA) is 15.3 Å². The van der Waals surface area contributed by atoms with Crippen molar-refractivity contribution in [2.24, 2.45) is 5.92 Å². The molecular weight excluding hydrogens is 172 g/mol. The molecule has 1 saturated heterocycles. The van der Waals surface area contributed by atoms with Gasteiger partial charge in [-0.15, -0.1) is 0 Å². The Morgan fingerprint density at radius 3 is 2.14 bits per heavy atom. The van der Waals surface area contributed by atoms with E-state index in [1.807, 2.05) is 0 Å². The van der Waals surface area contributed by atoms with Gasteiger partial charge in [-0.05, 0) is 51.4 Å². The summed E-state index contributed by atoms with van der Waals surface area (Å²) in [5, 5.41) is 3.47. The molecule has 1 unspecified atom stereocenters. The lowest BCUT2D eigenvalue weighted by atomic mass is 9.99. The first kappa shape index (κ1) is 12.0. The summed E-state index contributed by atoms with van der Waals surface area (Å²) in [4.78, 5) is 2.70. The van der Waals surface area contributed by atoms with Crippen molar-refractivity contribution < 1.29 is 0 Å². The molecule has 1 N–H and O–H groups in total. The van der Waals surface area contributed by atoms with E-state index in [0.717, 1.165) is 12.0 Å². The quantitative estimate of drug-likeness (QED) is 0.747. The Kier molecular flexibility index (Phi) is 5.49. The molecule has 14 heavy (non-hydrogen) atoms. The molecule has 0 spiro atoms. The van der Waals surface area contributed by atoms with E-state index < -0.39 is 0 Å². The number of nitrogens with one attached hydrogen (secondary N) is 1. The summed E-state index contributed by atoms with van der Waals surface area (Å²) in [6, 6.07) is 0.799. The smallest absolute Gasteiger partial charge is 0.0116 e. The Morgan fingerprint density at radius 1 is 1.14 bits per heavy atom. The maximum atomic E-state index is 3.47. The second-order valence-electron chi connectivity index (χ2n) is 4.71. The maximum absolute atomic E-state index is 3.47. The third kappa shape index (κ3) is 3.58. The molecule has 1 heterocycles. The first-order valence-corrected chi connectivity index (χ1v) is 6.20. The summed E-state index contributed by atoms with van der Waals surface area (Å²) in [6.45, 7) is 12.0. The Balaban J connectivity index is 2.44. The average Bonchev–Trinajstić information content (AvgIpc) is 2.08. The van der Waals surface area contributed by atoms with E-state index in [0.29, 0.717) is 0 Å². The fourth-order valence-corrected chi connectivity index (χ4v) is 2.53. The van der Waals surface area contributed by atoms with Crippen molar-refractivity contribution in [3.05, 3.63) is 0 Å². The fraction of sp³-hybridized carbons (Fsp3) is 1.00. The molecule has 0 saturated carbocycles. The van der Waals surface area contributed by atoms with Gasteiger partial charge < -0.3 is 10.2 Å². The van der Waals surface area contributed by atoms with Crippen LogP contribution in [0.4, 0.5) is 0 Å². The van der Waals surface area contributed by atoms with Crippen LogP contribution in [0.3, 0.4) is 0 Å². The minimum absolute atomic E-state index is 0.799. The fourth-order valence-electron chi connectivity index (χ4n) is 2.53. The lowest BCUT2D eigenvalue weighted by molar-refractivity contribution is 0.140. The molecule has 84 valence electrons. The first-order chi connectivity index (χ1) is 6.75. The van der Waals surface area contributed by atoms with Crippen molar-refractivity contribution in [2.75, 3.05) is 26.2 Å². The van der Waals surface area contributed by atoms with Crippen LogP contribution in [0.1, 0.15) is 40.0 Å². The van der Waals surface area contributed by atoms with Crippen LogP contribution in [0.15, 0.2) is 0 Å². The van der Waals surface area contributed by atoms with Gasteiger partial charge in [0.2, 0.25) is 0 Å². The molecule has 2 nitrogen and oxygen atoms in total. The van der Waals surface area contributed by atoms with Crippen molar-refractivity contribution >= 4 is 0 Å². The Labute approximate surface area is 89.1 Å². The summed E-state index contributed by atoms with van der Waals surface area (Å²) in [6.07, 6.45) is 3.91. The van der Waals surface area contributed by atoms with Gasteiger partial charge in [0.1, 0.15) is 0 Å². The summed E-state index contributed by atoms with van der Waals surface area (Å²) in [5.74, 6) is 0.799. The molecule has 2 heteroatoms. The zero-order valence-electron chi connectivity index (χ0n) is 10.1. The number of rotatable bonds is 3. The molecule has 0 radical (unpaired) electrons. The zero-order chi connectivity index (χ0) is 10.4. The van der Waals surface area contributed by atoms with E-state index in [4.69, 9.17) is 0 Å². The van der Waals surface area contributed by atoms with Gasteiger partial charge >= 0.3 is 0 Å². The standard InChI is InChI=1S/C12H26N2/c1-4-12(11(2)3)14-9-5-7-13-8-6-10-14/h11-13H,4-10H2,1-3H3. The highest BCUT2D eigenvalue weighted by molar-refractivity contribution is 4.75. The Bertz CT molecular complexity index is 137. The van der Waals surface area contributed by atoms with Crippen LogP contribution in [0.25, 0.3) is 0 Å². The SMILES string of the molecule is CCC(C(C)C)N1CCCNCCC1. The molecule has 0 amide bonds. The third-order valence-electron chi connectivity index (χ3n) is 3.25. The maximum Gasteiger partial charge on any atom is 0.0116 e. The van der Waals surface area contributed by atoms with Gasteiger partial charge in [0.05, 0.1) is 0 Å². The van der Waals surface area contributed by atoms with Crippen molar-refractivity contribution in [1.82, 2.24) is 10.2 Å². The Morgan fingerprint density at radius 2 is 1.71 bits per heavy atom. The molecule has 1 aliphatic rings. The number of nitrogens with zero attached hydrogens (tertiary/aromatic N) is 1. The first-order valence-electron chi connectivity index (χ1n) is 6.20. The number of hydrogen-bond acceptors (Lipinski definition) is 2. The van der Waals surface area contributed by atoms with Gasteiger partial charge in [-0.2, -0.15) is 0 Å². The normalized spacial score (nSPS) is 23.1. The van der Waals surface area contributed by atoms with E-state index in [-0.39, 0.29) is 0 Å². The summed E-state index contributed by atoms with van der Waals surface area (Å²) < 4.78 is 0. The van der Waals surface area contributed by atoms with Crippen molar-refractivity contribution in [3.63, 3.8) is 0 Å². The van der Waals surface area contributed by atoms with E-state index in [1.54, 1.807) is 0 Å². The van der Waals surface area contributed by atoms with E-state index in [9.17, 15) is 0 Å². The lowest BCUT2D eigenvalue weighted by Gasteiger charge is -2.35. The van der Waals surface area contributed by atoms with Gasteiger partial charge in [-0.1, -0.05) is 20.8 Å². The minimum Gasteiger partial charge on any atom is -0.317 e. The van der Waals surface area contributed by atoms with Gasteiger partial charge in [0.25, 0.3) is 0 Å². The van der Waals surface area contributed by atoms with E-state index >= 15 is 0 Å². The molecule has 0 aromatic heterocycles. The molecule has 1 atom stereocenters. The average molecular weight is 198 g/mol. The predicted octanol–water partition coefficient (Wildman–Crippen LogP) is 2.11. The second-order valence-corrected chi connectivity index (χ2v) is 4.71. The van der Waals surface area contributed by atoms with Crippen LogP contribution in [0.2, 0.25) is 0 Å². The van der Waals surface area contributed by atoms with Gasteiger partial charge in [0, 0.05) is 6.04 Å². The van der Waals surface area contributed by atoms with Gasteiger partial charge in [0.15, 0.2) is 0 Å². The van der Waals surface area contributed by atoms with Crippen molar-refractivity contribution in [3.8, 4) is 0 Å². The van der Waals surface area contributed by atoms with Crippen LogP contribution in [-0.4, -0.2) is 37.1 Å². The molecular formula is C12H26N2. The van der Waals surface area contributed by atoms with Crippen molar-refractivity contribution in [1.29, 1.82) is 0 Å². The largest absolute Gasteiger partial charge is 0.317 e. The molecule has 0 aliphatic carbocycles. The minimum atomic E-state index is 0.799. The summed E-state index contributed by atoms with van der Waals surface area (Å²) in [5.41, 5.74) is 0. The highest BCUT2D eigenvalue weighted by Gasteiger charge is 2.19. The summed E-state index contributed by atoms with van der Waals surface area (Å²) in [7, 11) is 0.